The highest BCUT2D eigenvalue weighted by atomic mass is 16.5. The van der Waals surface area contributed by atoms with Crippen LogP contribution in [0, 0.1) is 13.8 Å². The molecule has 2 aromatic carbocycles. The summed E-state index contributed by atoms with van der Waals surface area (Å²) in [6, 6.07) is 13.4. The Morgan fingerprint density at radius 2 is 1.84 bits per heavy atom. The van der Waals surface area contributed by atoms with Crippen molar-refractivity contribution in [2.45, 2.75) is 72.1 Å². The molecule has 0 aromatic heterocycles. The van der Waals surface area contributed by atoms with Gasteiger partial charge in [0.25, 0.3) is 0 Å². The molecule has 0 aliphatic rings. The van der Waals surface area contributed by atoms with Gasteiger partial charge in [-0.3, -0.25) is 0 Å². The third-order valence-corrected chi connectivity index (χ3v) is 5.91. The van der Waals surface area contributed by atoms with E-state index in [1.54, 1.807) is 6.92 Å². The fourth-order valence-corrected chi connectivity index (χ4v) is 4.11. The molecule has 0 heterocycles. The summed E-state index contributed by atoms with van der Waals surface area (Å²) in [7, 11) is 0. The van der Waals surface area contributed by atoms with E-state index in [1.807, 2.05) is 0 Å². The van der Waals surface area contributed by atoms with Crippen LogP contribution in [0.4, 0.5) is 0 Å². The Hall–Kier alpha value is -2.39. The SMILES string of the molecule is C=C(C)C(=O)OCCC(CCO)c1ccc(-c2ccc(CCCCC)cc2C)cc1C. The van der Waals surface area contributed by atoms with E-state index >= 15 is 0 Å². The molecule has 0 saturated carbocycles. The van der Waals surface area contributed by atoms with E-state index in [1.165, 1.54) is 52.6 Å². The molecule has 1 N–H and O–H groups in total. The van der Waals surface area contributed by atoms with Crippen molar-refractivity contribution in [3.8, 4) is 11.1 Å². The van der Waals surface area contributed by atoms with Crippen molar-refractivity contribution in [3.63, 3.8) is 0 Å². The van der Waals surface area contributed by atoms with E-state index in [-0.39, 0.29) is 18.5 Å². The zero-order chi connectivity index (χ0) is 22.8. The number of hydrogen-bond acceptors (Lipinski definition) is 3. The minimum Gasteiger partial charge on any atom is -0.462 e. The van der Waals surface area contributed by atoms with Gasteiger partial charge >= 0.3 is 5.97 Å². The maximum Gasteiger partial charge on any atom is 0.333 e. The topological polar surface area (TPSA) is 46.5 Å². The van der Waals surface area contributed by atoms with Gasteiger partial charge in [0.05, 0.1) is 6.61 Å². The first-order valence-corrected chi connectivity index (χ1v) is 11.5. The Labute approximate surface area is 188 Å². The Morgan fingerprint density at radius 3 is 2.45 bits per heavy atom. The summed E-state index contributed by atoms with van der Waals surface area (Å²) in [6.45, 7) is 12.3. The van der Waals surface area contributed by atoms with Gasteiger partial charge in [-0.25, -0.2) is 4.79 Å². The van der Waals surface area contributed by atoms with Crippen molar-refractivity contribution in [1.29, 1.82) is 0 Å². The lowest BCUT2D eigenvalue weighted by molar-refractivity contribution is -0.139. The highest BCUT2D eigenvalue weighted by Gasteiger charge is 2.16. The Kier molecular flexibility index (Phi) is 10.00. The van der Waals surface area contributed by atoms with Crippen LogP contribution in [-0.4, -0.2) is 24.3 Å². The third-order valence-electron chi connectivity index (χ3n) is 5.91. The predicted octanol–water partition coefficient (Wildman–Crippen LogP) is 6.68. The fraction of sp³-hybridized carbons (Fsp3) is 0.464. The lowest BCUT2D eigenvalue weighted by Gasteiger charge is -2.20. The molecule has 1 unspecified atom stereocenters. The summed E-state index contributed by atoms with van der Waals surface area (Å²) in [5, 5.41) is 9.54. The van der Waals surface area contributed by atoms with Gasteiger partial charge in [-0.1, -0.05) is 62.7 Å². The molecule has 2 rings (SSSR count). The average Bonchev–Trinajstić information content (AvgIpc) is 2.73. The largest absolute Gasteiger partial charge is 0.462 e. The minimum atomic E-state index is -0.358. The summed E-state index contributed by atoms with van der Waals surface area (Å²) in [6.07, 6.45) is 6.25. The number of rotatable bonds is 12. The monoisotopic (exact) mass is 422 g/mol. The molecule has 0 fully saturated rings. The normalized spacial score (nSPS) is 11.9. The lowest BCUT2D eigenvalue weighted by Crippen LogP contribution is -2.11. The maximum absolute atomic E-state index is 11.6. The number of esters is 1. The van der Waals surface area contributed by atoms with Crippen LogP contribution in [0.2, 0.25) is 0 Å². The van der Waals surface area contributed by atoms with Gasteiger partial charge in [0.2, 0.25) is 0 Å². The molecule has 1 atom stereocenters. The zero-order valence-corrected chi connectivity index (χ0v) is 19.7. The van der Waals surface area contributed by atoms with Crippen molar-refractivity contribution in [2.24, 2.45) is 0 Å². The van der Waals surface area contributed by atoms with Crippen LogP contribution in [0.1, 0.15) is 74.1 Å². The van der Waals surface area contributed by atoms with Crippen molar-refractivity contribution in [2.75, 3.05) is 13.2 Å². The summed E-state index contributed by atoms with van der Waals surface area (Å²) < 4.78 is 5.28. The molecule has 3 heteroatoms. The first-order valence-electron chi connectivity index (χ1n) is 11.5. The number of aliphatic hydroxyl groups excluding tert-OH is 1. The van der Waals surface area contributed by atoms with E-state index in [0.717, 1.165) is 6.42 Å². The Balaban J connectivity index is 2.15. The number of hydrogen-bond donors (Lipinski definition) is 1. The average molecular weight is 423 g/mol. The van der Waals surface area contributed by atoms with E-state index in [2.05, 4.69) is 63.7 Å². The van der Waals surface area contributed by atoms with E-state index < -0.39 is 0 Å². The molecule has 0 amide bonds. The van der Waals surface area contributed by atoms with E-state index in [9.17, 15) is 9.90 Å². The molecule has 2 aromatic rings. The quantitative estimate of drug-likeness (QED) is 0.236. The van der Waals surface area contributed by atoms with Crippen LogP contribution in [-0.2, 0) is 16.0 Å². The molecule has 0 bridgehead atoms. The third kappa shape index (κ3) is 7.36. The number of carbonyl (C=O) groups is 1. The summed E-state index contributed by atoms with van der Waals surface area (Å²) in [4.78, 5) is 11.6. The molecular weight excluding hydrogens is 384 g/mol. The molecule has 0 saturated heterocycles. The van der Waals surface area contributed by atoms with Crippen molar-refractivity contribution >= 4 is 5.97 Å². The number of aliphatic hydroxyl groups is 1. The number of ether oxygens (including phenoxy) is 1. The summed E-state index contributed by atoms with van der Waals surface area (Å²) >= 11 is 0. The van der Waals surface area contributed by atoms with Gasteiger partial charge in [-0.2, -0.15) is 0 Å². The van der Waals surface area contributed by atoms with Gasteiger partial charge in [-0.15, -0.1) is 0 Å². The molecule has 0 aliphatic heterocycles. The predicted molar refractivity (Wildman–Crippen MR) is 129 cm³/mol. The standard InChI is InChI=1S/C28H38O3/c1-6-7-8-9-23-10-12-27(21(4)18-23)25-11-13-26(22(5)19-25)24(14-16-29)15-17-31-28(30)20(2)3/h10-13,18-19,24,29H,2,6-9,14-17H2,1,3-5H3. The highest BCUT2D eigenvalue weighted by molar-refractivity contribution is 5.86. The van der Waals surface area contributed by atoms with Crippen LogP contribution in [0.5, 0.6) is 0 Å². The zero-order valence-electron chi connectivity index (χ0n) is 19.7. The molecule has 31 heavy (non-hydrogen) atoms. The van der Waals surface area contributed by atoms with Crippen LogP contribution in [0.3, 0.4) is 0 Å². The second-order valence-corrected chi connectivity index (χ2v) is 8.59. The second-order valence-electron chi connectivity index (χ2n) is 8.59. The fourth-order valence-electron chi connectivity index (χ4n) is 4.11. The molecule has 0 aliphatic carbocycles. The Morgan fingerprint density at radius 1 is 1.06 bits per heavy atom. The van der Waals surface area contributed by atoms with Crippen LogP contribution in [0.25, 0.3) is 11.1 Å². The van der Waals surface area contributed by atoms with E-state index in [0.29, 0.717) is 25.0 Å². The van der Waals surface area contributed by atoms with Crippen molar-refractivity contribution in [3.05, 3.63) is 70.8 Å². The van der Waals surface area contributed by atoms with Gasteiger partial charge in [0, 0.05) is 12.2 Å². The number of carbonyl (C=O) groups excluding carboxylic acids is 1. The minimum absolute atomic E-state index is 0.110. The van der Waals surface area contributed by atoms with Gasteiger partial charge < -0.3 is 9.84 Å². The smallest absolute Gasteiger partial charge is 0.333 e. The van der Waals surface area contributed by atoms with E-state index in [4.69, 9.17) is 4.74 Å². The van der Waals surface area contributed by atoms with Crippen LogP contribution in [0.15, 0.2) is 48.6 Å². The van der Waals surface area contributed by atoms with Gasteiger partial charge in [0.1, 0.15) is 0 Å². The summed E-state index contributed by atoms with van der Waals surface area (Å²) in [5.41, 5.74) is 8.02. The molecule has 3 nitrogen and oxygen atoms in total. The second kappa shape index (κ2) is 12.5. The maximum atomic E-state index is 11.6. The van der Waals surface area contributed by atoms with Gasteiger partial charge in [-0.05, 0) is 85.8 Å². The highest BCUT2D eigenvalue weighted by Crippen LogP contribution is 2.32. The molecule has 0 radical (unpaired) electrons. The lowest BCUT2D eigenvalue weighted by atomic mass is 9.87. The first-order chi connectivity index (χ1) is 14.9. The summed E-state index contributed by atoms with van der Waals surface area (Å²) in [5.74, 6) is -0.206. The molecule has 0 spiro atoms. The first kappa shape index (κ1) is 24.9. The van der Waals surface area contributed by atoms with Crippen LogP contribution < -0.4 is 0 Å². The van der Waals surface area contributed by atoms with Crippen molar-refractivity contribution < 1.29 is 14.6 Å². The van der Waals surface area contributed by atoms with Crippen LogP contribution >= 0.6 is 0 Å². The molecule has 168 valence electrons. The number of aryl methyl sites for hydroxylation is 3. The Bertz CT molecular complexity index is 882. The van der Waals surface area contributed by atoms with Gasteiger partial charge in [0.15, 0.2) is 0 Å². The number of unbranched alkanes of at least 4 members (excludes halogenated alkanes) is 2. The van der Waals surface area contributed by atoms with Crippen molar-refractivity contribution in [1.82, 2.24) is 0 Å². The number of benzene rings is 2. The molecular formula is C28H38O3.